The molecule has 1 aliphatic heterocycles. The molecule has 0 bridgehead atoms. The van der Waals surface area contributed by atoms with E-state index in [1.165, 1.54) is 18.5 Å². The molecular weight excluding hydrogens is 146 g/mol. The molecule has 0 unspecified atom stereocenters. The molecule has 0 radical (unpaired) electrons. The average Bonchev–Trinajstić information content (AvgIpc) is 2.07. The quantitative estimate of drug-likeness (QED) is 0.589. The minimum absolute atomic E-state index is 0.348. The van der Waals surface area contributed by atoms with Gasteiger partial charge in [0, 0.05) is 0 Å². The molecule has 0 saturated heterocycles. The van der Waals surface area contributed by atoms with Gasteiger partial charge >= 0.3 is 5.97 Å². The highest BCUT2D eigenvalue weighted by Gasteiger charge is 2.08. The Morgan fingerprint density at radius 2 is 2.64 bits per heavy atom. The maximum Gasteiger partial charge on any atom is 0.339 e. The number of ether oxygens (including phenoxy) is 1. The van der Waals surface area contributed by atoms with E-state index in [-0.39, 0.29) is 5.97 Å². The summed E-state index contributed by atoms with van der Waals surface area (Å²) in [4.78, 5) is 15.6. The average molecular weight is 155 g/mol. The predicted molar refractivity (Wildman–Crippen MR) is 38.1 cm³/mol. The molecule has 1 rings (SSSR count). The van der Waals surface area contributed by atoms with Crippen LogP contribution in [-0.2, 0) is 14.4 Å². The van der Waals surface area contributed by atoms with Crippen molar-refractivity contribution in [2.45, 2.75) is 6.92 Å². The van der Waals surface area contributed by atoms with Gasteiger partial charge in [0.05, 0.1) is 18.4 Å². The molecule has 0 aromatic carbocycles. The predicted octanol–water partition coefficient (Wildman–Crippen LogP) is 0.482. The standard InChI is InChI=1S/C7H9NO3/c1-2-10-7(9)6-3-4-11-8-5-6/h3-5,8H,2H2,1H3. The van der Waals surface area contributed by atoms with Crippen LogP contribution in [0.25, 0.3) is 0 Å². The van der Waals surface area contributed by atoms with Crippen LogP contribution in [0.4, 0.5) is 0 Å². The fourth-order valence-electron chi connectivity index (χ4n) is 0.634. The Labute approximate surface area is 64.4 Å². The number of carbonyl (C=O) groups excluding carboxylic acids is 1. The lowest BCUT2D eigenvalue weighted by Crippen LogP contribution is -2.13. The van der Waals surface area contributed by atoms with Gasteiger partial charge in [-0.2, -0.15) is 0 Å². The number of hydrogen-bond donors (Lipinski definition) is 1. The topological polar surface area (TPSA) is 47.6 Å². The van der Waals surface area contributed by atoms with E-state index in [9.17, 15) is 4.79 Å². The van der Waals surface area contributed by atoms with E-state index in [4.69, 9.17) is 4.74 Å². The highest BCUT2D eigenvalue weighted by molar-refractivity contribution is 5.91. The fraction of sp³-hybridized carbons (Fsp3) is 0.286. The lowest BCUT2D eigenvalue weighted by Gasteiger charge is -2.07. The van der Waals surface area contributed by atoms with Crippen LogP contribution in [0.5, 0.6) is 0 Å². The van der Waals surface area contributed by atoms with Crippen molar-refractivity contribution in [3.8, 4) is 0 Å². The highest BCUT2D eigenvalue weighted by Crippen LogP contribution is 2.02. The first-order valence-electron chi connectivity index (χ1n) is 3.29. The Morgan fingerprint density at radius 3 is 3.18 bits per heavy atom. The van der Waals surface area contributed by atoms with Crippen molar-refractivity contribution in [2.75, 3.05) is 6.61 Å². The smallest absolute Gasteiger partial charge is 0.339 e. The normalized spacial score (nSPS) is 14.5. The first-order chi connectivity index (χ1) is 5.34. The second-order valence-electron chi connectivity index (χ2n) is 1.86. The summed E-state index contributed by atoms with van der Waals surface area (Å²) < 4.78 is 4.73. The van der Waals surface area contributed by atoms with Crippen molar-refractivity contribution in [1.82, 2.24) is 5.48 Å². The lowest BCUT2D eigenvalue weighted by molar-refractivity contribution is -0.138. The van der Waals surface area contributed by atoms with Crippen LogP contribution < -0.4 is 5.48 Å². The summed E-state index contributed by atoms with van der Waals surface area (Å²) in [5.41, 5.74) is 2.88. The summed E-state index contributed by atoms with van der Waals surface area (Å²) >= 11 is 0. The maximum atomic E-state index is 11.0. The summed E-state index contributed by atoms with van der Waals surface area (Å²) in [5, 5.41) is 0. The Kier molecular flexibility index (Phi) is 2.54. The third-order valence-corrected chi connectivity index (χ3v) is 1.11. The van der Waals surface area contributed by atoms with Gasteiger partial charge in [0.1, 0.15) is 6.26 Å². The van der Waals surface area contributed by atoms with Crippen molar-refractivity contribution in [3.05, 3.63) is 24.1 Å². The third-order valence-electron chi connectivity index (χ3n) is 1.11. The molecule has 0 aliphatic carbocycles. The van der Waals surface area contributed by atoms with Crippen LogP contribution in [0.3, 0.4) is 0 Å². The van der Waals surface area contributed by atoms with E-state index in [1.54, 1.807) is 6.92 Å². The van der Waals surface area contributed by atoms with Gasteiger partial charge in [0.2, 0.25) is 0 Å². The van der Waals surface area contributed by atoms with E-state index in [0.717, 1.165) is 0 Å². The SMILES string of the molecule is CCOC(=O)C1=CNOC=C1. The zero-order valence-electron chi connectivity index (χ0n) is 6.16. The monoisotopic (exact) mass is 155 g/mol. The Bertz CT molecular complexity index is 208. The molecule has 11 heavy (non-hydrogen) atoms. The molecule has 0 aromatic rings. The van der Waals surface area contributed by atoms with Crippen molar-refractivity contribution in [2.24, 2.45) is 0 Å². The van der Waals surface area contributed by atoms with E-state index in [1.807, 2.05) is 0 Å². The molecule has 0 fully saturated rings. The first kappa shape index (κ1) is 7.65. The van der Waals surface area contributed by atoms with E-state index < -0.39 is 0 Å². The Balaban J connectivity index is 2.52. The molecule has 4 nitrogen and oxygen atoms in total. The minimum atomic E-state index is -0.348. The minimum Gasteiger partial charge on any atom is -0.462 e. The fourth-order valence-corrected chi connectivity index (χ4v) is 0.634. The highest BCUT2D eigenvalue weighted by atomic mass is 16.6. The first-order valence-corrected chi connectivity index (χ1v) is 3.29. The number of hydrogen-bond acceptors (Lipinski definition) is 4. The Hall–Kier alpha value is -1.45. The molecule has 4 heteroatoms. The second kappa shape index (κ2) is 3.65. The van der Waals surface area contributed by atoms with Gasteiger partial charge < -0.3 is 9.57 Å². The van der Waals surface area contributed by atoms with Crippen molar-refractivity contribution in [3.63, 3.8) is 0 Å². The molecule has 60 valence electrons. The van der Waals surface area contributed by atoms with Gasteiger partial charge in [-0.3, -0.25) is 0 Å². The zero-order valence-corrected chi connectivity index (χ0v) is 6.16. The number of carbonyl (C=O) groups is 1. The van der Waals surface area contributed by atoms with Gasteiger partial charge in [0.15, 0.2) is 0 Å². The third kappa shape index (κ3) is 2.00. The molecule has 0 aromatic heterocycles. The van der Waals surface area contributed by atoms with Gasteiger partial charge in [-0.05, 0) is 13.0 Å². The molecule has 1 N–H and O–H groups in total. The number of esters is 1. The maximum absolute atomic E-state index is 11.0. The van der Waals surface area contributed by atoms with E-state index >= 15 is 0 Å². The van der Waals surface area contributed by atoms with Gasteiger partial charge in [0.25, 0.3) is 0 Å². The van der Waals surface area contributed by atoms with E-state index in [2.05, 4.69) is 10.3 Å². The lowest BCUT2D eigenvalue weighted by atomic mass is 10.3. The number of nitrogens with one attached hydrogen (secondary N) is 1. The molecule has 0 saturated carbocycles. The van der Waals surface area contributed by atoms with Crippen LogP contribution in [-0.4, -0.2) is 12.6 Å². The summed E-state index contributed by atoms with van der Waals surface area (Å²) in [5.74, 6) is -0.348. The van der Waals surface area contributed by atoms with Crippen molar-refractivity contribution in [1.29, 1.82) is 0 Å². The molecule has 0 amide bonds. The molecule has 0 spiro atoms. The van der Waals surface area contributed by atoms with Crippen LogP contribution >= 0.6 is 0 Å². The number of hydroxylamine groups is 1. The summed E-state index contributed by atoms with van der Waals surface area (Å²) in [7, 11) is 0. The molecule has 1 aliphatic rings. The van der Waals surface area contributed by atoms with Crippen molar-refractivity contribution < 1.29 is 14.4 Å². The van der Waals surface area contributed by atoms with Crippen LogP contribution in [0.15, 0.2) is 24.1 Å². The van der Waals surface area contributed by atoms with Crippen LogP contribution in [0.1, 0.15) is 6.92 Å². The summed E-state index contributed by atoms with van der Waals surface area (Å²) in [6.45, 7) is 2.14. The molecule has 0 atom stereocenters. The number of rotatable bonds is 2. The van der Waals surface area contributed by atoms with E-state index in [0.29, 0.717) is 12.2 Å². The molecule has 1 heterocycles. The van der Waals surface area contributed by atoms with Gasteiger partial charge in [-0.15, -0.1) is 0 Å². The summed E-state index contributed by atoms with van der Waals surface area (Å²) in [6.07, 6.45) is 4.36. The zero-order chi connectivity index (χ0) is 8.10. The second-order valence-corrected chi connectivity index (χ2v) is 1.86. The summed E-state index contributed by atoms with van der Waals surface area (Å²) in [6, 6.07) is 0. The van der Waals surface area contributed by atoms with Gasteiger partial charge in [-0.25, -0.2) is 10.3 Å². The molecular formula is C7H9NO3. The van der Waals surface area contributed by atoms with Crippen LogP contribution in [0.2, 0.25) is 0 Å². The Morgan fingerprint density at radius 1 is 1.82 bits per heavy atom. The van der Waals surface area contributed by atoms with Gasteiger partial charge in [-0.1, -0.05) is 0 Å². The van der Waals surface area contributed by atoms with Crippen molar-refractivity contribution >= 4 is 5.97 Å². The largest absolute Gasteiger partial charge is 0.462 e. The van der Waals surface area contributed by atoms with Crippen LogP contribution in [0, 0.1) is 0 Å².